The molecule has 142 valence electrons. The molecule has 7 heteroatoms. The first-order valence-electron chi connectivity index (χ1n) is 8.81. The molecular formula is C21H20N4O2S. The Labute approximate surface area is 167 Å². The highest BCUT2D eigenvalue weighted by atomic mass is 32.2. The molecule has 1 aromatic heterocycles. The van der Waals surface area contributed by atoms with E-state index in [1.807, 2.05) is 56.5 Å². The van der Waals surface area contributed by atoms with Crippen LogP contribution < -0.4 is 4.74 Å². The number of hydrogen-bond acceptors (Lipinski definition) is 4. The molecule has 28 heavy (non-hydrogen) atoms. The molecule has 2 aliphatic rings. The number of ether oxygens (including phenoxy) is 1. The van der Waals surface area contributed by atoms with Crippen LogP contribution in [0.15, 0.2) is 52.0 Å². The van der Waals surface area contributed by atoms with E-state index in [0.29, 0.717) is 10.7 Å². The minimum atomic E-state index is -0.374. The van der Waals surface area contributed by atoms with Gasteiger partial charge in [-0.15, -0.1) is 0 Å². The van der Waals surface area contributed by atoms with Crippen LogP contribution in [0.1, 0.15) is 23.9 Å². The van der Waals surface area contributed by atoms with Crippen molar-refractivity contribution in [1.82, 2.24) is 9.47 Å². The van der Waals surface area contributed by atoms with Gasteiger partial charge in [0.1, 0.15) is 11.6 Å². The highest BCUT2D eigenvalue weighted by Crippen LogP contribution is 2.32. The Morgan fingerprint density at radius 1 is 1.18 bits per heavy atom. The first-order valence-corrected chi connectivity index (χ1v) is 9.69. The molecular weight excluding hydrogens is 372 g/mol. The number of nitrogens with zero attached hydrogens (tertiary/aromatic N) is 3. The van der Waals surface area contributed by atoms with E-state index >= 15 is 0 Å². The van der Waals surface area contributed by atoms with E-state index in [2.05, 4.69) is 9.56 Å². The summed E-state index contributed by atoms with van der Waals surface area (Å²) in [4.78, 5) is 18.4. The fraction of sp³-hybridized carbons (Fsp3) is 0.190. The summed E-state index contributed by atoms with van der Waals surface area (Å²) < 4.78 is 7.35. The van der Waals surface area contributed by atoms with Gasteiger partial charge in [0.15, 0.2) is 5.17 Å². The quantitative estimate of drug-likeness (QED) is 0.792. The van der Waals surface area contributed by atoms with E-state index in [0.717, 1.165) is 34.1 Å². The predicted molar refractivity (Wildman–Crippen MR) is 113 cm³/mol. The fourth-order valence-electron chi connectivity index (χ4n) is 3.46. The summed E-state index contributed by atoms with van der Waals surface area (Å²) in [6, 6.07) is 9.85. The Balaban J connectivity index is 1.75. The standard InChI is InChI=1S/C21H20N4O2S/c1-12-9-15(14(3)24(12)16-5-7-17(27-4)8-6-16)10-18-19(22)25-13(2)11-28-21(25)23-20(18)26/h5-11,22H,1-4H3/b18-10-,22-19?. The summed E-state index contributed by atoms with van der Waals surface area (Å²) in [6.45, 7) is 5.94. The third-order valence-electron chi connectivity index (χ3n) is 4.89. The molecule has 2 aliphatic heterocycles. The lowest BCUT2D eigenvalue weighted by atomic mass is 10.1. The zero-order chi connectivity index (χ0) is 20.0. The number of aliphatic imine (C=N–C) groups is 1. The van der Waals surface area contributed by atoms with Crippen LogP contribution in [0.5, 0.6) is 5.75 Å². The van der Waals surface area contributed by atoms with Crippen LogP contribution in [0.4, 0.5) is 0 Å². The summed E-state index contributed by atoms with van der Waals surface area (Å²) >= 11 is 1.37. The van der Waals surface area contributed by atoms with E-state index in [-0.39, 0.29) is 11.7 Å². The van der Waals surface area contributed by atoms with Gasteiger partial charge in [0.05, 0.1) is 12.7 Å². The molecule has 0 unspecified atom stereocenters. The van der Waals surface area contributed by atoms with Crippen molar-refractivity contribution >= 4 is 34.7 Å². The molecule has 0 saturated heterocycles. The maximum Gasteiger partial charge on any atom is 0.283 e. The molecule has 4 rings (SSSR count). The van der Waals surface area contributed by atoms with Crippen LogP contribution in [0, 0.1) is 19.3 Å². The van der Waals surface area contributed by atoms with Crippen molar-refractivity contribution in [2.75, 3.05) is 7.11 Å². The molecule has 6 nitrogen and oxygen atoms in total. The van der Waals surface area contributed by atoms with Crippen molar-refractivity contribution in [3.8, 4) is 11.4 Å². The van der Waals surface area contributed by atoms with Gasteiger partial charge in [-0.2, -0.15) is 4.99 Å². The maximum atomic E-state index is 12.5. The molecule has 0 radical (unpaired) electrons. The zero-order valence-corrected chi connectivity index (χ0v) is 16.9. The Morgan fingerprint density at radius 2 is 1.89 bits per heavy atom. The third-order valence-corrected chi connectivity index (χ3v) is 5.83. The molecule has 0 atom stereocenters. The zero-order valence-electron chi connectivity index (χ0n) is 16.1. The largest absolute Gasteiger partial charge is 0.497 e. The average Bonchev–Trinajstić information content (AvgIpc) is 3.18. The summed E-state index contributed by atoms with van der Waals surface area (Å²) in [5.74, 6) is 0.597. The highest BCUT2D eigenvalue weighted by Gasteiger charge is 2.34. The van der Waals surface area contributed by atoms with Gasteiger partial charge in [-0.3, -0.25) is 15.1 Å². The minimum Gasteiger partial charge on any atom is -0.497 e. The number of amidine groups is 2. The van der Waals surface area contributed by atoms with Crippen LogP contribution in [-0.2, 0) is 4.79 Å². The number of nitrogens with one attached hydrogen (secondary N) is 1. The number of allylic oxidation sites excluding steroid dienone is 1. The van der Waals surface area contributed by atoms with Crippen molar-refractivity contribution in [3.63, 3.8) is 0 Å². The second-order valence-electron chi connectivity index (χ2n) is 6.68. The molecule has 0 saturated carbocycles. The number of amides is 1. The van der Waals surface area contributed by atoms with Gasteiger partial charge < -0.3 is 9.30 Å². The number of fused-ring (bicyclic) bond motifs is 1. The van der Waals surface area contributed by atoms with Crippen molar-refractivity contribution in [3.05, 3.63) is 64.0 Å². The van der Waals surface area contributed by atoms with E-state index in [9.17, 15) is 4.79 Å². The molecule has 3 heterocycles. The number of thioether (sulfide) groups is 1. The lowest BCUT2D eigenvalue weighted by Crippen LogP contribution is -2.37. The van der Waals surface area contributed by atoms with Crippen molar-refractivity contribution in [1.29, 1.82) is 5.41 Å². The van der Waals surface area contributed by atoms with Gasteiger partial charge in [-0.1, -0.05) is 11.8 Å². The van der Waals surface area contributed by atoms with E-state index in [1.54, 1.807) is 18.1 Å². The number of hydrogen-bond donors (Lipinski definition) is 1. The van der Waals surface area contributed by atoms with Crippen molar-refractivity contribution in [2.45, 2.75) is 20.8 Å². The Kier molecular flexibility index (Phi) is 4.47. The highest BCUT2D eigenvalue weighted by molar-refractivity contribution is 8.16. The number of carbonyl (C=O) groups is 1. The average molecular weight is 392 g/mol. The Hall–Kier alpha value is -3.06. The number of aryl methyl sites for hydroxylation is 1. The molecule has 0 spiro atoms. The SMILES string of the molecule is COc1ccc(-n2c(C)cc(/C=C3/C(=N)N4C(C)=CSC4=NC3=O)c2C)cc1. The van der Waals surface area contributed by atoms with Crippen LogP contribution >= 0.6 is 11.8 Å². The maximum absolute atomic E-state index is 12.5. The lowest BCUT2D eigenvalue weighted by Gasteiger charge is -2.25. The number of benzene rings is 1. The fourth-order valence-corrected chi connectivity index (χ4v) is 4.32. The third kappa shape index (κ3) is 2.88. The minimum absolute atomic E-state index is 0.169. The first kappa shape index (κ1) is 18.3. The first-order chi connectivity index (χ1) is 13.4. The van der Waals surface area contributed by atoms with Gasteiger partial charge in [0.25, 0.3) is 5.91 Å². The second-order valence-corrected chi connectivity index (χ2v) is 7.52. The Bertz CT molecular complexity index is 1090. The molecule has 0 bridgehead atoms. The predicted octanol–water partition coefficient (Wildman–Crippen LogP) is 4.27. The summed E-state index contributed by atoms with van der Waals surface area (Å²) in [7, 11) is 1.64. The van der Waals surface area contributed by atoms with Gasteiger partial charge in [-0.05, 0) is 68.2 Å². The van der Waals surface area contributed by atoms with Gasteiger partial charge in [0, 0.05) is 22.8 Å². The molecule has 0 fully saturated rings. The van der Waals surface area contributed by atoms with Crippen LogP contribution in [0.25, 0.3) is 11.8 Å². The number of rotatable bonds is 3. The van der Waals surface area contributed by atoms with Crippen molar-refractivity contribution < 1.29 is 9.53 Å². The second kappa shape index (κ2) is 6.83. The smallest absolute Gasteiger partial charge is 0.283 e. The van der Waals surface area contributed by atoms with Crippen molar-refractivity contribution in [2.24, 2.45) is 4.99 Å². The molecule has 1 N–H and O–H groups in total. The summed E-state index contributed by atoms with van der Waals surface area (Å²) in [6.07, 6.45) is 1.77. The molecule has 0 aliphatic carbocycles. The van der Waals surface area contributed by atoms with Crippen LogP contribution in [-0.4, -0.2) is 33.5 Å². The molecule has 2 aromatic rings. The molecule has 1 aromatic carbocycles. The monoisotopic (exact) mass is 392 g/mol. The van der Waals surface area contributed by atoms with Gasteiger partial charge >= 0.3 is 0 Å². The number of carbonyl (C=O) groups excluding carboxylic acids is 1. The topological polar surface area (TPSA) is 70.7 Å². The Morgan fingerprint density at radius 3 is 2.57 bits per heavy atom. The van der Waals surface area contributed by atoms with E-state index in [4.69, 9.17) is 10.1 Å². The molecule has 1 amide bonds. The normalized spacial score (nSPS) is 17.7. The summed E-state index contributed by atoms with van der Waals surface area (Å²) in [5.41, 5.74) is 5.15. The lowest BCUT2D eigenvalue weighted by molar-refractivity contribution is -0.114. The van der Waals surface area contributed by atoms with Crippen LogP contribution in [0.3, 0.4) is 0 Å². The van der Waals surface area contributed by atoms with Gasteiger partial charge in [0.2, 0.25) is 0 Å². The summed E-state index contributed by atoms with van der Waals surface area (Å²) in [5, 5.41) is 11.0. The number of aromatic nitrogens is 1. The van der Waals surface area contributed by atoms with Gasteiger partial charge in [-0.25, -0.2) is 0 Å². The van der Waals surface area contributed by atoms with Crippen LogP contribution in [0.2, 0.25) is 0 Å². The number of methoxy groups -OCH3 is 1. The van der Waals surface area contributed by atoms with E-state index in [1.165, 1.54) is 11.8 Å². The van der Waals surface area contributed by atoms with E-state index < -0.39 is 0 Å².